The first-order chi connectivity index (χ1) is 11.8. The maximum absolute atomic E-state index is 12.1. The van der Waals surface area contributed by atoms with Crippen molar-refractivity contribution in [3.05, 3.63) is 17.7 Å². The lowest BCUT2D eigenvalue weighted by atomic mass is 10.1. The summed E-state index contributed by atoms with van der Waals surface area (Å²) in [5, 5.41) is 13.2. The number of benzene rings is 1. The van der Waals surface area contributed by atoms with E-state index in [9.17, 15) is 9.90 Å². The van der Waals surface area contributed by atoms with Crippen LogP contribution < -0.4 is 24.6 Å². The number of hydrogen-bond donors (Lipinski definition) is 4. The maximum Gasteiger partial charge on any atom is 0.275 e. The summed E-state index contributed by atoms with van der Waals surface area (Å²) in [5.41, 5.74) is 0.702. The number of carbonyl (C=O) groups is 1. The fraction of sp³-hybridized carbons (Fsp3) is 0.611. The van der Waals surface area contributed by atoms with Gasteiger partial charge in [-0.15, -0.1) is 0 Å². The molecule has 7 heteroatoms. The van der Waals surface area contributed by atoms with Gasteiger partial charge in [0.1, 0.15) is 38.5 Å². The standard InChI is InChI=1S/C18H27N3O4/c1-18(2,3)19-17(23)11-21-6-4-20(5-7-21)10-13-8-15-16(9-14(13)22)25-12-24-15/h8-9,22H,4-7,10-12H2,1-3H3,(H,19,23)/p+2. The number of rotatable bonds is 4. The Balaban J connectivity index is 1.49. The third kappa shape index (κ3) is 4.76. The lowest BCUT2D eigenvalue weighted by Gasteiger charge is -2.30. The molecule has 0 spiro atoms. The van der Waals surface area contributed by atoms with Crippen LogP contribution in [-0.4, -0.2) is 56.1 Å². The highest BCUT2D eigenvalue weighted by atomic mass is 16.7. The highest BCUT2D eigenvalue weighted by Gasteiger charge is 2.27. The minimum Gasteiger partial charge on any atom is -0.507 e. The second kappa shape index (κ2) is 7.09. The largest absolute Gasteiger partial charge is 0.507 e. The van der Waals surface area contributed by atoms with E-state index < -0.39 is 0 Å². The van der Waals surface area contributed by atoms with Crippen LogP contribution in [0.1, 0.15) is 26.3 Å². The number of phenols is 1. The van der Waals surface area contributed by atoms with E-state index in [1.807, 2.05) is 26.8 Å². The van der Waals surface area contributed by atoms with E-state index in [2.05, 4.69) is 5.32 Å². The van der Waals surface area contributed by atoms with Gasteiger partial charge in [0.05, 0.1) is 5.56 Å². The average molecular weight is 351 g/mol. The van der Waals surface area contributed by atoms with Crippen molar-refractivity contribution in [1.82, 2.24) is 5.32 Å². The molecule has 0 saturated carbocycles. The van der Waals surface area contributed by atoms with E-state index in [0.29, 0.717) is 18.0 Å². The lowest BCUT2D eigenvalue weighted by Crippen LogP contribution is -3.28. The van der Waals surface area contributed by atoms with Gasteiger partial charge in [0.15, 0.2) is 18.0 Å². The van der Waals surface area contributed by atoms with Crippen LogP contribution in [0.5, 0.6) is 17.2 Å². The van der Waals surface area contributed by atoms with Crippen molar-refractivity contribution in [2.75, 3.05) is 39.5 Å². The summed E-state index contributed by atoms with van der Waals surface area (Å²) in [6, 6.07) is 3.51. The first-order valence-electron chi connectivity index (χ1n) is 8.90. The second-order valence-electron chi connectivity index (χ2n) is 7.99. The zero-order valence-electron chi connectivity index (χ0n) is 15.3. The summed E-state index contributed by atoms with van der Waals surface area (Å²) < 4.78 is 10.7. The van der Waals surface area contributed by atoms with E-state index in [1.165, 1.54) is 9.80 Å². The van der Waals surface area contributed by atoms with E-state index in [1.54, 1.807) is 6.07 Å². The zero-order valence-corrected chi connectivity index (χ0v) is 15.3. The average Bonchev–Trinajstić information content (AvgIpc) is 2.94. The summed E-state index contributed by atoms with van der Waals surface area (Å²) in [4.78, 5) is 14.8. The normalized spacial score (nSPS) is 22.7. The molecular formula is C18H29N3O4+2. The topological polar surface area (TPSA) is 76.7 Å². The van der Waals surface area contributed by atoms with Crippen molar-refractivity contribution in [3.63, 3.8) is 0 Å². The number of carbonyl (C=O) groups excluding carboxylic acids is 1. The number of quaternary nitrogens is 2. The first kappa shape index (κ1) is 17.8. The van der Waals surface area contributed by atoms with Crippen molar-refractivity contribution in [2.45, 2.75) is 32.9 Å². The van der Waals surface area contributed by atoms with Crippen LogP contribution in [0.15, 0.2) is 12.1 Å². The van der Waals surface area contributed by atoms with Gasteiger partial charge in [-0.3, -0.25) is 4.79 Å². The van der Waals surface area contributed by atoms with Crippen LogP contribution >= 0.6 is 0 Å². The molecule has 1 saturated heterocycles. The molecule has 4 N–H and O–H groups in total. The van der Waals surface area contributed by atoms with Gasteiger partial charge in [0, 0.05) is 11.6 Å². The van der Waals surface area contributed by atoms with Gasteiger partial charge in [0.25, 0.3) is 5.91 Å². The van der Waals surface area contributed by atoms with Crippen LogP contribution in [0.4, 0.5) is 0 Å². The van der Waals surface area contributed by atoms with Gasteiger partial charge < -0.3 is 29.7 Å². The minimum atomic E-state index is -0.180. The molecule has 0 unspecified atom stereocenters. The van der Waals surface area contributed by atoms with Crippen LogP contribution in [0, 0.1) is 0 Å². The Morgan fingerprint density at radius 1 is 1.12 bits per heavy atom. The highest BCUT2D eigenvalue weighted by Crippen LogP contribution is 2.37. The second-order valence-corrected chi connectivity index (χ2v) is 7.99. The van der Waals surface area contributed by atoms with E-state index in [4.69, 9.17) is 9.47 Å². The number of hydrogen-bond acceptors (Lipinski definition) is 4. The number of amides is 1. The first-order valence-corrected chi connectivity index (χ1v) is 8.90. The molecule has 2 aliphatic rings. The fourth-order valence-electron chi connectivity index (χ4n) is 3.38. The monoisotopic (exact) mass is 351 g/mol. The SMILES string of the molecule is CC(C)(C)NC(=O)C[NH+]1CC[NH+](Cc2cc3c(cc2O)OCO3)CC1. The third-order valence-electron chi connectivity index (χ3n) is 4.60. The molecule has 1 aromatic carbocycles. The lowest BCUT2D eigenvalue weighted by molar-refractivity contribution is -1.02. The molecule has 0 aromatic heterocycles. The summed E-state index contributed by atoms with van der Waals surface area (Å²) in [5.74, 6) is 1.68. The summed E-state index contributed by atoms with van der Waals surface area (Å²) in [7, 11) is 0. The molecule has 1 aromatic rings. The number of nitrogens with one attached hydrogen (secondary N) is 3. The molecule has 2 heterocycles. The van der Waals surface area contributed by atoms with Crippen LogP contribution in [0.25, 0.3) is 0 Å². The van der Waals surface area contributed by atoms with E-state index in [-0.39, 0.29) is 24.0 Å². The molecule has 1 amide bonds. The van der Waals surface area contributed by atoms with Gasteiger partial charge in [-0.05, 0) is 26.8 Å². The molecular weight excluding hydrogens is 322 g/mol. The smallest absolute Gasteiger partial charge is 0.275 e. The highest BCUT2D eigenvalue weighted by molar-refractivity contribution is 5.77. The Morgan fingerprint density at radius 3 is 2.36 bits per heavy atom. The number of ether oxygens (including phenoxy) is 2. The zero-order chi connectivity index (χ0) is 18.0. The molecule has 2 aliphatic heterocycles. The van der Waals surface area contributed by atoms with Crippen LogP contribution in [0.3, 0.4) is 0 Å². The Kier molecular flexibility index (Phi) is 5.06. The maximum atomic E-state index is 12.1. The number of fused-ring (bicyclic) bond motifs is 1. The summed E-state index contributed by atoms with van der Waals surface area (Å²) in [6.45, 7) is 11.4. The molecule has 0 bridgehead atoms. The van der Waals surface area contributed by atoms with Crippen molar-refractivity contribution in [2.24, 2.45) is 0 Å². The van der Waals surface area contributed by atoms with Crippen molar-refractivity contribution in [3.8, 4) is 17.2 Å². The number of piperazine rings is 1. The Bertz CT molecular complexity index is 634. The Labute approximate surface area is 148 Å². The third-order valence-corrected chi connectivity index (χ3v) is 4.60. The molecule has 0 radical (unpaired) electrons. The van der Waals surface area contributed by atoms with Crippen molar-refractivity contribution in [1.29, 1.82) is 0 Å². The van der Waals surface area contributed by atoms with E-state index in [0.717, 1.165) is 38.3 Å². The Morgan fingerprint density at radius 2 is 1.72 bits per heavy atom. The molecule has 7 nitrogen and oxygen atoms in total. The summed E-state index contributed by atoms with van der Waals surface area (Å²) >= 11 is 0. The van der Waals surface area contributed by atoms with Gasteiger partial charge >= 0.3 is 0 Å². The molecule has 0 atom stereocenters. The van der Waals surface area contributed by atoms with E-state index >= 15 is 0 Å². The van der Waals surface area contributed by atoms with Gasteiger partial charge in [-0.2, -0.15) is 0 Å². The molecule has 1 fully saturated rings. The predicted octanol–water partition coefficient (Wildman–Crippen LogP) is -1.68. The quantitative estimate of drug-likeness (QED) is 0.523. The molecule has 25 heavy (non-hydrogen) atoms. The Hall–Kier alpha value is -1.99. The van der Waals surface area contributed by atoms with Crippen molar-refractivity contribution >= 4 is 5.91 Å². The summed E-state index contributed by atoms with van der Waals surface area (Å²) in [6.07, 6.45) is 0. The number of phenolic OH excluding ortho intramolecular Hbond substituents is 1. The van der Waals surface area contributed by atoms with Crippen molar-refractivity contribution < 1.29 is 29.2 Å². The van der Waals surface area contributed by atoms with Gasteiger partial charge in [-0.25, -0.2) is 0 Å². The minimum absolute atomic E-state index is 0.111. The van der Waals surface area contributed by atoms with Crippen LogP contribution in [-0.2, 0) is 11.3 Å². The fourth-order valence-corrected chi connectivity index (χ4v) is 3.38. The number of aromatic hydroxyl groups is 1. The van der Waals surface area contributed by atoms with Gasteiger partial charge in [-0.1, -0.05) is 0 Å². The predicted molar refractivity (Wildman–Crippen MR) is 92.1 cm³/mol. The molecule has 138 valence electrons. The van der Waals surface area contributed by atoms with Gasteiger partial charge in [0.2, 0.25) is 6.79 Å². The molecule has 0 aliphatic carbocycles. The van der Waals surface area contributed by atoms with Crippen LogP contribution in [0.2, 0.25) is 0 Å². The molecule has 3 rings (SSSR count).